The number of anilines is 1. The lowest BCUT2D eigenvalue weighted by molar-refractivity contribution is 1.18. The van der Waals surface area contributed by atoms with Crippen LogP contribution in [-0.4, -0.2) is 9.97 Å². The molecule has 0 spiro atoms. The van der Waals surface area contributed by atoms with Crippen molar-refractivity contribution in [2.75, 3.05) is 5.73 Å². The Morgan fingerprint density at radius 1 is 1.07 bits per heavy atom. The first-order valence-corrected chi connectivity index (χ1v) is 4.82. The summed E-state index contributed by atoms with van der Waals surface area (Å²) in [6.07, 6.45) is 1.68. The van der Waals surface area contributed by atoms with Crippen LogP contribution >= 0.6 is 0 Å². The molecule has 2 rings (SSSR count). The molecule has 0 aliphatic carbocycles. The zero-order valence-electron chi connectivity index (χ0n) is 8.86. The van der Waals surface area contributed by atoms with Gasteiger partial charge in [-0.1, -0.05) is 17.2 Å². The predicted octanol–water partition coefficient (Wildman–Crippen LogP) is 2.34. The van der Waals surface area contributed by atoms with Crippen molar-refractivity contribution >= 4 is 5.82 Å². The fraction of sp³-hybridized carbons (Fsp3) is 0.167. The Balaban J connectivity index is 2.54. The first-order chi connectivity index (χ1) is 7.15. The van der Waals surface area contributed by atoms with Gasteiger partial charge in [0.25, 0.3) is 0 Å². The standard InChI is InChI=1S/C12H13N3/c1-8-5-9(2)7-10(6-8)12-14-4-3-11(13)15-12/h3-7H,1-2H3,(H2,13,14,15). The maximum Gasteiger partial charge on any atom is 0.161 e. The predicted molar refractivity (Wildman–Crippen MR) is 61.4 cm³/mol. The minimum Gasteiger partial charge on any atom is -0.384 e. The van der Waals surface area contributed by atoms with Crippen LogP contribution in [0, 0.1) is 13.8 Å². The Kier molecular flexibility index (Phi) is 2.37. The highest BCUT2D eigenvalue weighted by Crippen LogP contribution is 2.18. The molecule has 0 atom stereocenters. The first-order valence-electron chi connectivity index (χ1n) is 4.82. The molecule has 1 aromatic carbocycles. The Bertz CT molecular complexity index is 472. The van der Waals surface area contributed by atoms with Gasteiger partial charge in [0.2, 0.25) is 0 Å². The van der Waals surface area contributed by atoms with Gasteiger partial charge in [-0.2, -0.15) is 0 Å². The van der Waals surface area contributed by atoms with Gasteiger partial charge < -0.3 is 5.73 Å². The molecule has 0 bridgehead atoms. The number of aromatic nitrogens is 2. The molecular formula is C12H13N3. The summed E-state index contributed by atoms with van der Waals surface area (Å²) in [6.45, 7) is 4.12. The summed E-state index contributed by atoms with van der Waals surface area (Å²) in [5, 5.41) is 0. The van der Waals surface area contributed by atoms with Crippen LogP contribution in [0.25, 0.3) is 11.4 Å². The number of aryl methyl sites for hydroxylation is 2. The van der Waals surface area contributed by atoms with Gasteiger partial charge in [-0.3, -0.25) is 0 Å². The van der Waals surface area contributed by atoms with Crippen molar-refractivity contribution in [3.8, 4) is 11.4 Å². The molecule has 0 amide bonds. The maximum atomic E-state index is 5.62. The van der Waals surface area contributed by atoms with E-state index >= 15 is 0 Å². The summed E-state index contributed by atoms with van der Waals surface area (Å²) in [5.41, 5.74) is 9.04. The summed E-state index contributed by atoms with van der Waals surface area (Å²) in [5.74, 6) is 1.18. The van der Waals surface area contributed by atoms with Gasteiger partial charge in [0.15, 0.2) is 5.82 Å². The Morgan fingerprint density at radius 2 is 1.73 bits per heavy atom. The third-order valence-electron chi connectivity index (χ3n) is 2.16. The molecule has 0 radical (unpaired) electrons. The summed E-state index contributed by atoms with van der Waals surface area (Å²) in [7, 11) is 0. The molecule has 0 aliphatic rings. The molecule has 2 N–H and O–H groups in total. The lowest BCUT2D eigenvalue weighted by Gasteiger charge is -2.03. The quantitative estimate of drug-likeness (QED) is 0.767. The molecule has 3 nitrogen and oxygen atoms in total. The van der Waals surface area contributed by atoms with E-state index in [0.29, 0.717) is 11.6 Å². The highest BCUT2D eigenvalue weighted by molar-refractivity contribution is 5.58. The second-order valence-corrected chi connectivity index (χ2v) is 3.68. The molecule has 1 heterocycles. The van der Waals surface area contributed by atoms with Gasteiger partial charge in [0.1, 0.15) is 5.82 Å². The first kappa shape index (κ1) is 9.65. The van der Waals surface area contributed by atoms with Crippen molar-refractivity contribution in [3.05, 3.63) is 41.6 Å². The van der Waals surface area contributed by atoms with E-state index < -0.39 is 0 Å². The van der Waals surface area contributed by atoms with E-state index in [4.69, 9.17) is 5.73 Å². The fourth-order valence-corrected chi connectivity index (χ4v) is 1.62. The van der Waals surface area contributed by atoms with E-state index in [9.17, 15) is 0 Å². The smallest absolute Gasteiger partial charge is 0.161 e. The minimum absolute atomic E-state index is 0.499. The minimum atomic E-state index is 0.499. The van der Waals surface area contributed by atoms with Crippen molar-refractivity contribution in [2.24, 2.45) is 0 Å². The van der Waals surface area contributed by atoms with Crippen LogP contribution < -0.4 is 5.73 Å². The van der Waals surface area contributed by atoms with E-state index in [1.54, 1.807) is 12.3 Å². The molecule has 0 fully saturated rings. The maximum absolute atomic E-state index is 5.62. The monoisotopic (exact) mass is 199 g/mol. The van der Waals surface area contributed by atoms with Crippen LogP contribution in [0.1, 0.15) is 11.1 Å². The van der Waals surface area contributed by atoms with E-state index in [1.165, 1.54) is 11.1 Å². The van der Waals surface area contributed by atoms with Gasteiger partial charge >= 0.3 is 0 Å². The van der Waals surface area contributed by atoms with Gasteiger partial charge in [-0.05, 0) is 32.0 Å². The van der Waals surface area contributed by atoms with Gasteiger partial charge in [-0.25, -0.2) is 9.97 Å². The third-order valence-corrected chi connectivity index (χ3v) is 2.16. The Morgan fingerprint density at radius 3 is 2.33 bits per heavy atom. The summed E-state index contributed by atoms with van der Waals surface area (Å²) in [6, 6.07) is 7.92. The average molecular weight is 199 g/mol. The zero-order valence-corrected chi connectivity index (χ0v) is 8.86. The highest BCUT2D eigenvalue weighted by Gasteiger charge is 2.02. The van der Waals surface area contributed by atoms with E-state index in [1.807, 2.05) is 0 Å². The van der Waals surface area contributed by atoms with E-state index in [-0.39, 0.29) is 0 Å². The van der Waals surface area contributed by atoms with Crippen molar-refractivity contribution < 1.29 is 0 Å². The third kappa shape index (κ3) is 2.13. The number of nitrogen functional groups attached to an aromatic ring is 1. The number of nitrogens with two attached hydrogens (primary N) is 1. The molecule has 2 aromatic rings. The highest BCUT2D eigenvalue weighted by atomic mass is 14.9. The Labute approximate surface area is 89.0 Å². The van der Waals surface area contributed by atoms with Crippen molar-refractivity contribution in [3.63, 3.8) is 0 Å². The molecule has 15 heavy (non-hydrogen) atoms. The molecule has 0 saturated heterocycles. The molecular weight excluding hydrogens is 186 g/mol. The van der Waals surface area contributed by atoms with Crippen LogP contribution in [0.3, 0.4) is 0 Å². The number of hydrogen-bond acceptors (Lipinski definition) is 3. The molecule has 0 saturated carbocycles. The summed E-state index contributed by atoms with van der Waals surface area (Å²) >= 11 is 0. The molecule has 0 unspecified atom stereocenters. The fourth-order valence-electron chi connectivity index (χ4n) is 1.62. The molecule has 3 heteroatoms. The average Bonchev–Trinajstić information content (AvgIpc) is 2.16. The largest absolute Gasteiger partial charge is 0.384 e. The number of benzene rings is 1. The van der Waals surface area contributed by atoms with Gasteiger partial charge in [-0.15, -0.1) is 0 Å². The molecule has 1 aromatic heterocycles. The van der Waals surface area contributed by atoms with Crippen molar-refractivity contribution in [2.45, 2.75) is 13.8 Å². The topological polar surface area (TPSA) is 51.8 Å². The lowest BCUT2D eigenvalue weighted by atomic mass is 10.1. The SMILES string of the molecule is Cc1cc(C)cc(-c2nccc(N)n2)c1. The number of hydrogen-bond donors (Lipinski definition) is 1. The Hall–Kier alpha value is -1.90. The molecule has 76 valence electrons. The second kappa shape index (κ2) is 3.69. The lowest BCUT2D eigenvalue weighted by Crippen LogP contribution is -1.95. The van der Waals surface area contributed by atoms with Crippen molar-refractivity contribution in [1.82, 2.24) is 9.97 Å². The van der Waals surface area contributed by atoms with E-state index in [0.717, 1.165) is 5.56 Å². The van der Waals surface area contributed by atoms with Crippen LogP contribution in [0.4, 0.5) is 5.82 Å². The van der Waals surface area contributed by atoms with E-state index in [2.05, 4.69) is 42.0 Å². The number of rotatable bonds is 1. The summed E-state index contributed by atoms with van der Waals surface area (Å²) in [4.78, 5) is 8.39. The van der Waals surface area contributed by atoms with Crippen LogP contribution in [0.5, 0.6) is 0 Å². The van der Waals surface area contributed by atoms with Crippen LogP contribution in [-0.2, 0) is 0 Å². The van der Waals surface area contributed by atoms with Gasteiger partial charge in [0, 0.05) is 11.8 Å². The van der Waals surface area contributed by atoms with Crippen LogP contribution in [0.2, 0.25) is 0 Å². The normalized spacial score (nSPS) is 10.3. The molecule has 0 aliphatic heterocycles. The van der Waals surface area contributed by atoms with Gasteiger partial charge in [0.05, 0.1) is 0 Å². The van der Waals surface area contributed by atoms with Crippen LogP contribution in [0.15, 0.2) is 30.5 Å². The van der Waals surface area contributed by atoms with Crippen molar-refractivity contribution in [1.29, 1.82) is 0 Å². The zero-order chi connectivity index (χ0) is 10.8. The summed E-state index contributed by atoms with van der Waals surface area (Å²) < 4.78 is 0. The number of nitrogens with zero attached hydrogens (tertiary/aromatic N) is 2. The second-order valence-electron chi connectivity index (χ2n) is 3.68.